The van der Waals surface area contributed by atoms with Crippen molar-refractivity contribution >= 4 is 29.2 Å². The van der Waals surface area contributed by atoms with E-state index in [0.29, 0.717) is 5.69 Å². The van der Waals surface area contributed by atoms with Gasteiger partial charge in [0, 0.05) is 19.0 Å². The molecular formula is C12H11N3O3. The van der Waals surface area contributed by atoms with Gasteiger partial charge in [0.05, 0.1) is 0 Å². The van der Waals surface area contributed by atoms with Crippen molar-refractivity contribution in [2.45, 2.75) is 13.3 Å². The first kappa shape index (κ1) is 12.0. The van der Waals surface area contributed by atoms with Crippen molar-refractivity contribution in [1.29, 1.82) is 0 Å². The number of imide groups is 1. The van der Waals surface area contributed by atoms with E-state index in [1.807, 2.05) is 0 Å². The second-order valence-electron chi connectivity index (χ2n) is 3.83. The van der Waals surface area contributed by atoms with Gasteiger partial charge in [-0.05, 0) is 11.6 Å². The lowest BCUT2D eigenvalue weighted by atomic mass is 10.1. The van der Waals surface area contributed by atoms with Crippen LogP contribution >= 0.6 is 0 Å². The van der Waals surface area contributed by atoms with E-state index in [1.54, 1.807) is 24.3 Å². The van der Waals surface area contributed by atoms with Gasteiger partial charge in [0.2, 0.25) is 5.91 Å². The van der Waals surface area contributed by atoms with Crippen LogP contribution in [0.5, 0.6) is 0 Å². The molecule has 0 saturated heterocycles. The zero-order chi connectivity index (χ0) is 13.1. The van der Waals surface area contributed by atoms with Crippen molar-refractivity contribution in [2.75, 3.05) is 5.32 Å². The van der Waals surface area contributed by atoms with Gasteiger partial charge in [-0.25, -0.2) is 4.79 Å². The standard InChI is InChI=1S/C12H11N3O3/c1-7(16)13-9-5-3-2-4-8(9)6-10-11(17)15-12(18)14-10/h2-5H,6H2,1H3,(H,13,16)(H,15,17,18). The number of rotatable bonds is 3. The molecule has 1 aromatic carbocycles. The van der Waals surface area contributed by atoms with Crippen LogP contribution in [0, 0.1) is 0 Å². The number of nitrogens with zero attached hydrogens (tertiary/aromatic N) is 1. The number of hydrogen-bond donors (Lipinski definition) is 2. The van der Waals surface area contributed by atoms with Crippen LogP contribution in [-0.2, 0) is 16.0 Å². The first-order chi connectivity index (χ1) is 8.56. The maximum Gasteiger partial charge on any atom is 0.348 e. The number of carbonyl (C=O) groups excluding carboxylic acids is 3. The molecule has 0 aromatic heterocycles. The number of aliphatic imine (C=N–C) groups is 1. The van der Waals surface area contributed by atoms with Gasteiger partial charge in [-0.1, -0.05) is 18.2 Å². The summed E-state index contributed by atoms with van der Waals surface area (Å²) in [5, 5.41) is 4.74. The second-order valence-corrected chi connectivity index (χ2v) is 3.83. The SMILES string of the molecule is CC(=O)Nc1ccccc1CC1=NC(=O)NC1=O. The van der Waals surface area contributed by atoms with Crippen molar-refractivity contribution in [3.05, 3.63) is 29.8 Å². The van der Waals surface area contributed by atoms with Crippen LogP contribution in [-0.4, -0.2) is 23.6 Å². The molecule has 6 nitrogen and oxygen atoms in total. The van der Waals surface area contributed by atoms with E-state index < -0.39 is 11.9 Å². The topological polar surface area (TPSA) is 87.6 Å². The maximum absolute atomic E-state index is 11.4. The normalized spacial score (nSPS) is 14.2. The van der Waals surface area contributed by atoms with Gasteiger partial charge >= 0.3 is 6.03 Å². The molecule has 0 radical (unpaired) electrons. The lowest BCUT2D eigenvalue weighted by Gasteiger charge is -2.08. The lowest BCUT2D eigenvalue weighted by molar-refractivity contribution is -0.114. The molecule has 0 saturated carbocycles. The molecular weight excluding hydrogens is 234 g/mol. The van der Waals surface area contributed by atoms with E-state index in [-0.39, 0.29) is 18.0 Å². The summed E-state index contributed by atoms with van der Waals surface area (Å²) in [5.41, 5.74) is 1.49. The molecule has 1 aliphatic rings. The number of amides is 4. The van der Waals surface area contributed by atoms with Gasteiger partial charge in [-0.2, -0.15) is 4.99 Å². The van der Waals surface area contributed by atoms with E-state index >= 15 is 0 Å². The lowest BCUT2D eigenvalue weighted by Crippen LogP contribution is -2.26. The number of anilines is 1. The van der Waals surface area contributed by atoms with Crippen LogP contribution < -0.4 is 10.6 Å². The van der Waals surface area contributed by atoms with Gasteiger partial charge in [0.25, 0.3) is 5.91 Å². The molecule has 0 aliphatic carbocycles. The Morgan fingerprint density at radius 1 is 1.33 bits per heavy atom. The van der Waals surface area contributed by atoms with Crippen molar-refractivity contribution in [1.82, 2.24) is 5.32 Å². The number of nitrogens with one attached hydrogen (secondary N) is 2. The van der Waals surface area contributed by atoms with Gasteiger partial charge < -0.3 is 5.32 Å². The Kier molecular flexibility index (Phi) is 3.18. The molecule has 1 aliphatic heterocycles. The van der Waals surface area contributed by atoms with Crippen LogP contribution in [0.4, 0.5) is 10.5 Å². The molecule has 6 heteroatoms. The number of carbonyl (C=O) groups is 3. The van der Waals surface area contributed by atoms with E-state index in [0.717, 1.165) is 5.56 Å². The molecule has 0 spiro atoms. The molecule has 2 rings (SSSR count). The van der Waals surface area contributed by atoms with Crippen LogP contribution in [0.25, 0.3) is 0 Å². The highest BCUT2D eigenvalue weighted by atomic mass is 16.2. The van der Waals surface area contributed by atoms with Crippen molar-refractivity contribution in [3.63, 3.8) is 0 Å². The molecule has 1 heterocycles. The van der Waals surface area contributed by atoms with Crippen molar-refractivity contribution in [3.8, 4) is 0 Å². The highest BCUT2D eigenvalue weighted by molar-refractivity contribution is 6.46. The largest absolute Gasteiger partial charge is 0.348 e. The van der Waals surface area contributed by atoms with E-state index in [2.05, 4.69) is 15.6 Å². The highest BCUT2D eigenvalue weighted by Gasteiger charge is 2.23. The first-order valence-electron chi connectivity index (χ1n) is 5.34. The van der Waals surface area contributed by atoms with Crippen LogP contribution in [0.15, 0.2) is 29.3 Å². The minimum absolute atomic E-state index is 0.151. The predicted octanol–water partition coefficient (Wildman–Crippen LogP) is 0.878. The first-order valence-corrected chi connectivity index (χ1v) is 5.34. The fraction of sp³-hybridized carbons (Fsp3) is 0.167. The van der Waals surface area contributed by atoms with E-state index in [1.165, 1.54) is 6.92 Å². The molecule has 0 bridgehead atoms. The Balaban J connectivity index is 2.24. The van der Waals surface area contributed by atoms with Crippen LogP contribution in [0.3, 0.4) is 0 Å². The average Bonchev–Trinajstić information content (AvgIpc) is 2.59. The van der Waals surface area contributed by atoms with Crippen LogP contribution in [0.2, 0.25) is 0 Å². The minimum Gasteiger partial charge on any atom is -0.326 e. The third-order valence-corrected chi connectivity index (χ3v) is 2.41. The number of hydrogen-bond acceptors (Lipinski definition) is 3. The molecule has 2 N–H and O–H groups in total. The van der Waals surface area contributed by atoms with E-state index in [9.17, 15) is 14.4 Å². The number of para-hydroxylation sites is 1. The maximum atomic E-state index is 11.4. The summed E-state index contributed by atoms with van der Waals surface area (Å²) in [6.45, 7) is 1.40. The Morgan fingerprint density at radius 2 is 2.06 bits per heavy atom. The summed E-state index contributed by atoms with van der Waals surface area (Å²) < 4.78 is 0. The molecule has 92 valence electrons. The Labute approximate surface area is 103 Å². The fourth-order valence-electron chi connectivity index (χ4n) is 1.66. The van der Waals surface area contributed by atoms with Crippen molar-refractivity contribution in [2.24, 2.45) is 4.99 Å². The quantitative estimate of drug-likeness (QED) is 0.828. The molecule has 4 amide bonds. The average molecular weight is 245 g/mol. The van der Waals surface area contributed by atoms with E-state index in [4.69, 9.17) is 0 Å². The summed E-state index contributed by atoms with van der Waals surface area (Å²) in [4.78, 5) is 36.9. The van der Waals surface area contributed by atoms with Crippen LogP contribution in [0.1, 0.15) is 12.5 Å². The smallest absolute Gasteiger partial charge is 0.326 e. The van der Waals surface area contributed by atoms with Gasteiger partial charge in [-0.3, -0.25) is 14.9 Å². The monoisotopic (exact) mass is 245 g/mol. The van der Waals surface area contributed by atoms with Gasteiger partial charge in [-0.15, -0.1) is 0 Å². The molecule has 1 aromatic rings. The Hall–Kier alpha value is -2.50. The summed E-state index contributed by atoms with van der Waals surface area (Å²) >= 11 is 0. The van der Waals surface area contributed by atoms with Gasteiger partial charge in [0.15, 0.2) is 0 Å². The second kappa shape index (κ2) is 4.79. The molecule has 0 unspecified atom stereocenters. The third kappa shape index (κ3) is 2.60. The molecule has 18 heavy (non-hydrogen) atoms. The Bertz CT molecular complexity index is 563. The number of benzene rings is 1. The highest BCUT2D eigenvalue weighted by Crippen LogP contribution is 2.17. The van der Waals surface area contributed by atoms with Crippen molar-refractivity contribution < 1.29 is 14.4 Å². The summed E-state index contributed by atoms with van der Waals surface area (Å²) in [6.07, 6.45) is 0.202. The zero-order valence-electron chi connectivity index (χ0n) is 9.69. The Morgan fingerprint density at radius 3 is 2.67 bits per heavy atom. The minimum atomic E-state index is -0.646. The summed E-state index contributed by atoms with van der Waals surface area (Å²) in [7, 11) is 0. The predicted molar refractivity (Wildman–Crippen MR) is 65.4 cm³/mol. The fourth-order valence-corrected chi connectivity index (χ4v) is 1.66. The summed E-state index contributed by atoms with van der Waals surface area (Å²) in [5.74, 6) is -0.686. The molecule has 0 atom stereocenters. The summed E-state index contributed by atoms with van der Waals surface area (Å²) in [6, 6.07) is 6.41. The third-order valence-electron chi connectivity index (χ3n) is 2.41. The van der Waals surface area contributed by atoms with Gasteiger partial charge in [0.1, 0.15) is 5.71 Å². The zero-order valence-corrected chi connectivity index (χ0v) is 9.69. The number of urea groups is 1. The molecule has 0 fully saturated rings.